The Bertz CT molecular complexity index is 322. The molecule has 0 aliphatic rings. The van der Waals surface area contributed by atoms with E-state index in [-0.39, 0.29) is 12.5 Å². The van der Waals surface area contributed by atoms with Crippen molar-refractivity contribution in [2.45, 2.75) is 19.3 Å². The number of hydrogen-bond donors (Lipinski definition) is 3. The Labute approximate surface area is 95.5 Å². The molecule has 88 valence electrons. The molecule has 16 heavy (non-hydrogen) atoms. The first-order valence-corrected chi connectivity index (χ1v) is 5.47. The summed E-state index contributed by atoms with van der Waals surface area (Å²) in [6.45, 7) is 0.728. The normalized spacial score (nSPS) is 10.1. The summed E-state index contributed by atoms with van der Waals surface area (Å²) >= 11 is 0. The Morgan fingerprint density at radius 1 is 1.25 bits per heavy atom. The fourth-order valence-electron chi connectivity index (χ4n) is 1.42. The van der Waals surface area contributed by atoms with Crippen LogP contribution in [-0.2, 0) is 11.2 Å². The quantitative estimate of drug-likeness (QED) is 0.623. The minimum atomic E-state index is -0.107. The largest absolute Gasteiger partial charge is 0.508 e. The highest BCUT2D eigenvalue weighted by molar-refractivity contribution is 5.77. The molecule has 0 radical (unpaired) electrons. The number of nitrogens with one attached hydrogen (secondary N) is 1. The van der Waals surface area contributed by atoms with Crippen molar-refractivity contribution in [3.63, 3.8) is 0 Å². The molecule has 0 aliphatic carbocycles. The van der Waals surface area contributed by atoms with Crippen molar-refractivity contribution in [3.8, 4) is 5.75 Å². The van der Waals surface area contributed by atoms with E-state index in [9.17, 15) is 4.79 Å². The van der Waals surface area contributed by atoms with Gasteiger partial charge in [-0.25, -0.2) is 0 Å². The second kappa shape index (κ2) is 6.85. The summed E-state index contributed by atoms with van der Waals surface area (Å²) in [5.74, 6) is 0.184. The molecule has 0 saturated heterocycles. The molecule has 0 fully saturated rings. The molecule has 0 aromatic heterocycles. The number of hydrogen-bond acceptors (Lipinski definition) is 3. The third-order valence-electron chi connectivity index (χ3n) is 2.34. The van der Waals surface area contributed by atoms with Crippen LogP contribution in [0.4, 0.5) is 0 Å². The lowest BCUT2D eigenvalue weighted by Crippen LogP contribution is -2.30. The number of carbonyl (C=O) groups is 1. The number of rotatable bonds is 6. The number of aryl methyl sites for hydroxylation is 1. The monoisotopic (exact) mass is 222 g/mol. The third-order valence-corrected chi connectivity index (χ3v) is 2.34. The lowest BCUT2D eigenvalue weighted by atomic mass is 10.1. The first kappa shape index (κ1) is 12.5. The molecule has 1 rings (SSSR count). The van der Waals surface area contributed by atoms with Crippen molar-refractivity contribution >= 4 is 5.91 Å². The molecule has 0 unspecified atom stereocenters. The van der Waals surface area contributed by atoms with Crippen molar-refractivity contribution in [1.29, 1.82) is 0 Å². The van der Waals surface area contributed by atoms with Crippen LogP contribution in [0.15, 0.2) is 24.3 Å². The Balaban J connectivity index is 2.11. The van der Waals surface area contributed by atoms with E-state index in [1.54, 1.807) is 12.1 Å². The lowest BCUT2D eigenvalue weighted by molar-refractivity contribution is -0.119. The Kier molecular flexibility index (Phi) is 5.36. The zero-order valence-corrected chi connectivity index (χ0v) is 9.28. The minimum Gasteiger partial charge on any atom is -0.508 e. The Hall–Kier alpha value is -1.55. The van der Waals surface area contributed by atoms with Gasteiger partial charge in [-0.1, -0.05) is 12.1 Å². The number of phenolic OH excluding ortho intramolecular Hbond substituents is 1. The topological polar surface area (TPSA) is 75.4 Å². The number of amides is 1. The summed E-state index contributed by atoms with van der Waals surface area (Å²) in [4.78, 5) is 10.8. The van der Waals surface area contributed by atoms with Gasteiger partial charge >= 0.3 is 0 Å². The molecule has 0 saturated carbocycles. The fourth-order valence-corrected chi connectivity index (χ4v) is 1.42. The highest BCUT2D eigenvalue weighted by Gasteiger charge is 1.96. The molecular weight excluding hydrogens is 204 g/mol. The molecule has 4 nitrogen and oxygen atoms in total. The molecule has 0 bridgehead atoms. The van der Waals surface area contributed by atoms with Gasteiger partial charge in [-0.05, 0) is 37.0 Å². The van der Waals surface area contributed by atoms with E-state index in [4.69, 9.17) is 10.8 Å². The summed E-state index contributed by atoms with van der Waals surface area (Å²) in [6, 6.07) is 7.19. The van der Waals surface area contributed by atoms with E-state index >= 15 is 0 Å². The van der Waals surface area contributed by atoms with Gasteiger partial charge < -0.3 is 16.2 Å². The van der Waals surface area contributed by atoms with Gasteiger partial charge in [0, 0.05) is 6.54 Å². The second-order valence-electron chi connectivity index (χ2n) is 3.68. The average molecular weight is 222 g/mol. The van der Waals surface area contributed by atoms with E-state index in [2.05, 4.69) is 5.32 Å². The summed E-state index contributed by atoms with van der Waals surface area (Å²) in [5.41, 5.74) is 6.35. The van der Waals surface area contributed by atoms with Gasteiger partial charge in [0.05, 0.1) is 6.54 Å². The smallest absolute Gasteiger partial charge is 0.233 e. The van der Waals surface area contributed by atoms with Gasteiger partial charge in [0.15, 0.2) is 0 Å². The second-order valence-corrected chi connectivity index (χ2v) is 3.68. The number of aromatic hydroxyl groups is 1. The van der Waals surface area contributed by atoms with Crippen molar-refractivity contribution in [3.05, 3.63) is 29.8 Å². The number of carbonyl (C=O) groups excluding carboxylic acids is 1. The molecule has 1 aromatic carbocycles. The van der Waals surface area contributed by atoms with Crippen LogP contribution in [0.3, 0.4) is 0 Å². The molecular formula is C12H18N2O2. The van der Waals surface area contributed by atoms with E-state index in [1.165, 1.54) is 5.56 Å². The van der Waals surface area contributed by atoms with Gasteiger partial charge in [0.25, 0.3) is 0 Å². The first-order chi connectivity index (χ1) is 7.72. The molecule has 0 aliphatic heterocycles. The fraction of sp³-hybridized carbons (Fsp3) is 0.417. The van der Waals surface area contributed by atoms with Gasteiger partial charge in [-0.3, -0.25) is 4.79 Å². The predicted molar refractivity (Wildman–Crippen MR) is 63.1 cm³/mol. The maximum Gasteiger partial charge on any atom is 0.233 e. The summed E-state index contributed by atoms with van der Waals surface area (Å²) in [6.07, 6.45) is 2.90. The zero-order valence-electron chi connectivity index (χ0n) is 9.28. The molecule has 4 N–H and O–H groups in total. The molecule has 4 heteroatoms. The Morgan fingerprint density at radius 2 is 1.94 bits per heavy atom. The summed E-state index contributed by atoms with van der Waals surface area (Å²) in [5, 5.41) is 11.8. The molecule has 0 atom stereocenters. The van der Waals surface area contributed by atoms with Crippen LogP contribution in [0.25, 0.3) is 0 Å². The van der Waals surface area contributed by atoms with E-state index in [0.717, 1.165) is 19.3 Å². The predicted octanol–water partition coefficient (Wildman–Crippen LogP) is 0.790. The number of phenols is 1. The standard InChI is InChI=1S/C12H18N2O2/c13-9-12(16)14-8-2-1-3-10-4-6-11(15)7-5-10/h4-7,15H,1-3,8-9,13H2,(H,14,16). The number of nitrogens with two attached hydrogens (primary N) is 1. The summed E-state index contributed by atoms with van der Waals surface area (Å²) < 4.78 is 0. The SMILES string of the molecule is NCC(=O)NCCCCc1ccc(O)cc1. The van der Waals surface area contributed by atoms with Gasteiger partial charge in [0.2, 0.25) is 5.91 Å². The van der Waals surface area contributed by atoms with Gasteiger partial charge in [-0.15, -0.1) is 0 Å². The van der Waals surface area contributed by atoms with E-state index in [1.807, 2.05) is 12.1 Å². The van der Waals surface area contributed by atoms with Crippen LogP contribution < -0.4 is 11.1 Å². The van der Waals surface area contributed by atoms with Crippen molar-refractivity contribution in [1.82, 2.24) is 5.32 Å². The first-order valence-electron chi connectivity index (χ1n) is 5.47. The number of unbranched alkanes of at least 4 members (excludes halogenated alkanes) is 1. The van der Waals surface area contributed by atoms with Crippen LogP contribution in [0, 0.1) is 0 Å². The van der Waals surface area contributed by atoms with E-state index in [0.29, 0.717) is 12.3 Å². The molecule has 0 heterocycles. The lowest BCUT2D eigenvalue weighted by Gasteiger charge is -2.04. The summed E-state index contributed by atoms with van der Waals surface area (Å²) in [7, 11) is 0. The highest BCUT2D eigenvalue weighted by atomic mass is 16.3. The van der Waals surface area contributed by atoms with Crippen molar-refractivity contribution in [2.75, 3.05) is 13.1 Å². The molecule has 1 aromatic rings. The van der Waals surface area contributed by atoms with Gasteiger partial charge in [0.1, 0.15) is 5.75 Å². The van der Waals surface area contributed by atoms with Crippen LogP contribution >= 0.6 is 0 Å². The van der Waals surface area contributed by atoms with Crippen LogP contribution in [0.2, 0.25) is 0 Å². The van der Waals surface area contributed by atoms with E-state index < -0.39 is 0 Å². The van der Waals surface area contributed by atoms with Gasteiger partial charge in [-0.2, -0.15) is 0 Å². The van der Waals surface area contributed by atoms with Crippen LogP contribution in [0.5, 0.6) is 5.75 Å². The maximum absolute atomic E-state index is 10.8. The van der Waals surface area contributed by atoms with Crippen LogP contribution in [-0.4, -0.2) is 24.1 Å². The minimum absolute atomic E-state index is 0.0535. The number of benzene rings is 1. The zero-order chi connectivity index (χ0) is 11.8. The third kappa shape index (κ3) is 4.79. The Morgan fingerprint density at radius 3 is 2.56 bits per heavy atom. The molecule has 1 amide bonds. The average Bonchev–Trinajstić information content (AvgIpc) is 2.31. The van der Waals surface area contributed by atoms with Crippen molar-refractivity contribution in [2.24, 2.45) is 5.73 Å². The maximum atomic E-state index is 10.8. The molecule has 0 spiro atoms. The highest BCUT2D eigenvalue weighted by Crippen LogP contribution is 2.11. The van der Waals surface area contributed by atoms with Crippen LogP contribution in [0.1, 0.15) is 18.4 Å². The van der Waals surface area contributed by atoms with Crippen molar-refractivity contribution < 1.29 is 9.90 Å².